The summed E-state index contributed by atoms with van der Waals surface area (Å²) in [6.45, 7) is 4.06. The van der Waals surface area contributed by atoms with E-state index in [4.69, 9.17) is 5.73 Å². The standard InChI is InChI=1S/C46H34N4/c1-3-34(27-46(50)4-2)40-21-41(35-12-5-9-31(17-35)28-47)24-44(22-40)38-15-8-16-39(20-38)45-25-42(36-13-6-10-32(18-36)29-48)23-43(26-45)37-14-7-11-33(19-37)30-49/h4-27H,3,50H2,1-2H3/b34-27+,46-4+. The highest BCUT2D eigenvalue weighted by Crippen LogP contribution is 2.37. The van der Waals surface area contributed by atoms with Crippen LogP contribution >= 0.6 is 0 Å². The van der Waals surface area contributed by atoms with E-state index in [0.717, 1.165) is 73.2 Å². The molecule has 6 aromatic carbocycles. The lowest BCUT2D eigenvalue weighted by Crippen LogP contribution is -1.95. The van der Waals surface area contributed by atoms with Gasteiger partial charge in [0.1, 0.15) is 0 Å². The largest absolute Gasteiger partial charge is 0.399 e. The molecule has 2 N–H and O–H groups in total. The molecule has 0 aliphatic carbocycles. The van der Waals surface area contributed by atoms with Gasteiger partial charge in [0.15, 0.2) is 0 Å². The minimum atomic E-state index is 0.593. The van der Waals surface area contributed by atoms with Crippen LogP contribution in [-0.2, 0) is 0 Å². The van der Waals surface area contributed by atoms with Gasteiger partial charge in [0.05, 0.1) is 34.9 Å². The minimum Gasteiger partial charge on any atom is -0.399 e. The van der Waals surface area contributed by atoms with E-state index in [2.05, 4.69) is 85.8 Å². The third-order valence-electron chi connectivity index (χ3n) is 8.80. The Labute approximate surface area is 294 Å². The first-order valence-electron chi connectivity index (χ1n) is 16.5. The molecule has 0 fully saturated rings. The molecule has 6 aromatic rings. The summed E-state index contributed by atoms with van der Waals surface area (Å²) in [7, 11) is 0. The van der Waals surface area contributed by atoms with Gasteiger partial charge in [-0.15, -0.1) is 0 Å². The van der Waals surface area contributed by atoms with Crippen molar-refractivity contribution in [1.82, 2.24) is 0 Å². The number of rotatable bonds is 8. The summed E-state index contributed by atoms with van der Waals surface area (Å²) in [5, 5.41) is 28.8. The van der Waals surface area contributed by atoms with Gasteiger partial charge in [-0.1, -0.05) is 67.6 Å². The van der Waals surface area contributed by atoms with Gasteiger partial charge < -0.3 is 5.73 Å². The van der Waals surface area contributed by atoms with E-state index < -0.39 is 0 Å². The predicted octanol–water partition coefficient (Wildman–Crippen LogP) is 11.3. The number of hydrogen-bond acceptors (Lipinski definition) is 4. The van der Waals surface area contributed by atoms with Crippen LogP contribution in [-0.4, -0.2) is 0 Å². The van der Waals surface area contributed by atoms with Crippen molar-refractivity contribution in [2.45, 2.75) is 20.3 Å². The first-order chi connectivity index (χ1) is 24.4. The molecule has 0 radical (unpaired) electrons. The van der Waals surface area contributed by atoms with Crippen LogP contribution in [0.5, 0.6) is 0 Å². The second-order valence-corrected chi connectivity index (χ2v) is 12.1. The number of nitriles is 3. The van der Waals surface area contributed by atoms with Crippen LogP contribution in [0, 0.1) is 34.0 Å². The van der Waals surface area contributed by atoms with Crippen LogP contribution in [0.4, 0.5) is 0 Å². The van der Waals surface area contributed by atoms with Gasteiger partial charge in [-0.3, -0.25) is 0 Å². The Kier molecular flexibility index (Phi) is 9.81. The fourth-order valence-electron chi connectivity index (χ4n) is 6.13. The third kappa shape index (κ3) is 7.30. The molecule has 0 aliphatic rings. The monoisotopic (exact) mass is 642 g/mol. The van der Waals surface area contributed by atoms with Crippen LogP contribution in [0.25, 0.3) is 61.2 Å². The van der Waals surface area contributed by atoms with Gasteiger partial charge in [0.25, 0.3) is 0 Å². The number of nitrogens with two attached hydrogens (primary N) is 1. The molecule has 0 amide bonds. The SMILES string of the molecule is C/C=C(N)\C=C(/CC)c1cc(-c2cccc(C#N)c2)cc(-c2cccc(-c3cc(-c4cccc(C#N)c4)cc(-c4cccc(C#N)c4)c3)c2)c1. The molecule has 0 bridgehead atoms. The highest BCUT2D eigenvalue weighted by molar-refractivity contribution is 5.85. The maximum atomic E-state index is 9.62. The van der Waals surface area contributed by atoms with E-state index in [-0.39, 0.29) is 0 Å². The molecule has 0 unspecified atom stereocenters. The second-order valence-electron chi connectivity index (χ2n) is 12.1. The van der Waals surface area contributed by atoms with Crippen LogP contribution in [0.15, 0.2) is 151 Å². The lowest BCUT2D eigenvalue weighted by atomic mass is 9.89. The van der Waals surface area contributed by atoms with Crippen LogP contribution in [0.3, 0.4) is 0 Å². The molecule has 0 saturated carbocycles. The minimum absolute atomic E-state index is 0.593. The van der Waals surface area contributed by atoms with E-state index in [0.29, 0.717) is 22.4 Å². The summed E-state index contributed by atoms with van der Waals surface area (Å²) < 4.78 is 0. The Morgan fingerprint density at radius 3 is 1.16 bits per heavy atom. The first kappa shape index (κ1) is 33.0. The van der Waals surface area contributed by atoms with Gasteiger partial charge in [-0.05, 0) is 165 Å². The number of benzene rings is 6. The Bertz CT molecular complexity index is 2350. The third-order valence-corrected chi connectivity index (χ3v) is 8.80. The van der Waals surface area contributed by atoms with E-state index in [1.54, 1.807) is 12.1 Å². The molecule has 6 rings (SSSR count). The van der Waals surface area contributed by atoms with Crippen LogP contribution in [0.2, 0.25) is 0 Å². The summed E-state index contributed by atoms with van der Waals surface area (Å²) in [5.41, 5.74) is 20.9. The van der Waals surface area contributed by atoms with Crippen molar-refractivity contribution in [3.63, 3.8) is 0 Å². The van der Waals surface area contributed by atoms with Crippen molar-refractivity contribution in [1.29, 1.82) is 15.8 Å². The Balaban J connectivity index is 1.53. The molecule has 0 spiro atoms. The van der Waals surface area contributed by atoms with Crippen molar-refractivity contribution in [3.05, 3.63) is 174 Å². The van der Waals surface area contributed by atoms with Crippen molar-refractivity contribution in [2.75, 3.05) is 0 Å². The fourth-order valence-corrected chi connectivity index (χ4v) is 6.13. The molecule has 0 aliphatic heterocycles. The predicted molar refractivity (Wildman–Crippen MR) is 204 cm³/mol. The lowest BCUT2D eigenvalue weighted by Gasteiger charge is -2.15. The number of allylic oxidation sites excluding steroid dienone is 3. The lowest BCUT2D eigenvalue weighted by molar-refractivity contribution is 1.23. The zero-order chi connectivity index (χ0) is 35.0. The summed E-state index contributed by atoms with van der Waals surface area (Å²) in [6.07, 6.45) is 4.72. The second kappa shape index (κ2) is 14.9. The Morgan fingerprint density at radius 1 is 0.500 bits per heavy atom. The average Bonchev–Trinajstić information content (AvgIpc) is 3.19. The molecule has 4 nitrogen and oxygen atoms in total. The molecule has 0 aromatic heterocycles. The van der Waals surface area contributed by atoms with Crippen LogP contribution in [0.1, 0.15) is 42.5 Å². The van der Waals surface area contributed by atoms with Crippen LogP contribution < -0.4 is 5.73 Å². The smallest absolute Gasteiger partial charge is 0.0991 e. The quantitative estimate of drug-likeness (QED) is 0.167. The molecular weight excluding hydrogens is 609 g/mol. The maximum Gasteiger partial charge on any atom is 0.0991 e. The highest BCUT2D eigenvalue weighted by atomic mass is 14.5. The van der Waals surface area contributed by atoms with Gasteiger partial charge in [0, 0.05) is 5.70 Å². The fraction of sp³-hybridized carbons (Fsp3) is 0.0652. The van der Waals surface area contributed by atoms with E-state index in [1.807, 2.05) is 79.7 Å². The van der Waals surface area contributed by atoms with E-state index in [1.165, 1.54) is 0 Å². The first-order valence-corrected chi connectivity index (χ1v) is 16.5. The van der Waals surface area contributed by atoms with Gasteiger partial charge in [0.2, 0.25) is 0 Å². The molecule has 50 heavy (non-hydrogen) atoms. The highest BCUT2D eigenvalue weighted by Gasteiger charge is 2.13. The summed E-state index contributed by atoms with van der Waals surface area (Å²) in [5.74, 6) is 0. The normalized spacial score (nSPS) is 11.3. The molecule has 4 heteroatoms. The molecule has 238 valence electrons. The number of nitrogens with zero attached hydrogens (tertiary/aromatic N) is 3. The van der Waals surface area contributed by atoms with Crippen molar-refractivity contribution >= 4 is 5.57 Å². The zero-order valence-electron chi connectivity index (χ0n) is 28.0. The summed E-state index contributed by atoms with van der Waals surface area (Å²) in [4.78, 5) is 0. The zero-order valence-corrected chi connectivity index (χ0v) is 28.0. The van der Waals surface area contributed by atoms with Crippen molar-refractivity contribution in [3.8, 4) is 73.8 Å². The average molecular weight is 643 g/mol. The summed E-state index contributed by atoms with van der Waals surface area (Å²) in [6, 6.07) is 51.2. The van der Waals surface area contributed by atoms with Crippen molar-refractivity contribution < 1.29 is 0 Å². The van der Waals surface area contributed by atoms with Gasteiger partial charge in [-0.2, -0.15) is 15.8 Å². The maximum absolute atomic E-state index is 9.62. The van der Waals surface area contributed by atoms with E-state index >= 15 is 0 Å². The molecule has 0 atom stereocenters. The van der Waals surface area contributed by atoms with Gasteiger partial charge >= 0.3 is 0 Å². The molecule has 0 heterocycles. The van der Waals surface area contributed by atoms with E-state index in [9.17, 15) is 15.8 Å². The Hall–Kier alpha value is -6.93. The molecular formula is C46H34N4. The topological polar surface area (TPSA) is 97.4 Å². The van der Waals surface area contributed by atoms with Gasteiger partial charge in [-0.25, -0.2) is 0 Å². The Morgan fingerprint density at radius 2 is 0.820 bits per heavy atom. The molecule has 0 saturated heterocycles. The number of hydrogen-bond donors (Lipinski definition) is 1. The summed E-state index contributed by atoms with van der Waals surface area (Å²) >= 11 is 0. The van der Waals surface area contributed by atoms with Crippen molar-refractivity contribution in [2.24, 2.45) is 5.73 Å².